The summed E-state index contributed by atoms with van der Waals surface area (Å²) in [5.74, 6) is 0.00143. The Kier molecular flexibility index (Phi) is 5.06. The molecule has 0 aliphatic carbocycles. The first-order valence-corrected chi connectivity index (χ1v) is 8.80. The Hall–Kier alpha value is -1.66. The Labute approximate surface area is 143 Å². The normalized spacial score (nSPS) is 22.1. The minimum absolute atomic E-state index is 0.000124. The minimum atomic E-state index is -0.000124. The maximum Gasteiger partial charge on any atom is 0.270 e. The van der Waals surface area contributed by atoms with Gasteiger partial charge in [-0.15, -0.1) is 0 Å². The second-order valence-electron chi connectivity index (χ2n) is 6.91. The third-order valence-electron chi connectivity index (χ3n) is 5.15. The molecule has 1 N–H and O–H groups in total. The second kappa shape index (κ2) is 7.07. The average Bonchev–Trinajstić information content (AvgIpc) is 3.15. The summed E-state index contributed by atoms with van der Waals surface area (Å²) >= 11 is 0. The first-order valence-electron chi connectivity index (χ1n) is 8.80. The fourth-order valence-electron chi connectivity index (χ4n) is 3.86. The molecule has 1 aromatic rings. The molecule has 1 amide bonds. The highest BCUT2D eigenvalue weighted by Crippen LogP contribution is 2.21. The lowest BCUT2D eigenvalue weighted by molar-refractivity contribution is 0.0429. The molecule has 3 rings (SSSR count). The SMILES string of the molecule is CC(=O)c1c(C)[nH]c(C(=O)N2CCN(CC3CCCO3)CC2)c1C. The Balaban J connectivity index is 1.61. The summed E-state index contributed by atoms with van der Waals surface area (Å²) in [6, 6.07) is 0. The van der Waals surface area contributed by atoms with Gasteiger partial charge in [0.15, 0.2) is 5.78 Å². The standard InChI is InChI=1S/C18H27N3O3/c1-12-16(14(3)22)13(2)19-17(12)18(23)21-8-6-20(7-9-21)11-15-5-4-10-24-15/h15,19H,4-11H2,1-3H3. The van der Waals surface area contributed by atoms with Gasteiger partial charge in [-0.2, -0.15) is 0 Å². The molecule has 6 heteroatoms. The number of hydrogen-bond donors (Lipinski definition) is 1. The number of carbonyl (C=O) groups excluding carboxylic acids is 2. The van der Waals surface area contributed by atoms with Crippen LogP contribution in [0.1, 0.15) is 51.9 Å². The summed E-state index contributed by atoms with van der Waals surface area (Å²) in [6.07, 6.45) is 2.67. The molecule has 6 nitrogen and oxygen atoms in total. The van der Waals surface area contributed by atoms with Gasteiger partial charge in [0.1, 0.15) is 5.69 Å². The highest BCUT2D eigenvalue weighted by Gasteiger charge is 2.28. The molecule has 0 aromatic carbocycles. The predicted molar refractivity (Wildman–Crippen MR) is 91.6 cm³/mol. The van der Waals surface area contributed by atoms with Gasteiger partial charge in [0.2, 0.25) is 0 Å². The number of piperazine rings is 1. The van der Waals surface area contributed by atoms with Crippen LogP contribution in [0.2, 0.25) is 0 Å². The summed E-state index contributed by atoms with van der Waals surface area (Å²) in [5.41, 5.74) is 2.76. The van der Waals surface area contributed by atoms with Crippen molar-refractivity contribution in [2.45, 2.75) is 39.7 Å². The van der Waals surface area contributed by atoms with Crippen LogP contribution < -0.4 is 0 Å². The summed E-state index contributed by atoms with van der Waals surface area (Å²) < 4.78 is 5.69. The van der Waals surface area contributed by atoms with Crippen molar-refractivity contribution < 1.29 is 14.3 Å². The zero-order valence-corrected chi connectivity index (χ0v) is 14.9. The van der Waals surface area contributed by atoms with E-state index in [1.54, 1.807) is 6.92 Å². The van der Waals surface area contributed by atoms with Crippen molar-refractivity contribution in [3.8, 4) is 0 Å². The second-order valence-corrected chi connectivity index (χ2v) is 6.91. The van der Waals surface area contributed by atoms with E-state index in [0.717, 1.165) is 63.4 Å². The minimum Gasteiger partial charge on any atom is -0.377 e. The molecule has 1 atom stereocenters. The van der Waals surface area contributed by atoms with E-state index >= 15 is 0 Å². The van der Waals surface area contributed by atoms with Gasteiger partial charge in [-0.25, -0.2) is 0 Å². The number of aromatic amines is 1. The van der Waals surface area contributed by atoms with Crippen LogP contribution in [0.4, 0.5) is 0 Å². The highest BCUT2D eigenvalue weighted by molar-refractivity contribution is 6.02. The van der Waals surface area contributed by atoms with Crippen LogP contribution in [0.25, 0.3) is 0 Å². The molecular weight excluding hydrogens is 306 g/mol. The average molecular weight is 333 g/mol. The van der Waals surface area contributed by atoms with E-state index in [1.807, 2.05) is 18.7 Å². The fourth-order valence-corrected chi connectivity index (χ4v) is 3.86. The number of rotatable bonds is 4. The molecule has 2 saturated heterocycles. The van der Waals surface area contributed by atoms with Gasteiger partial charge in [0.25, 0.3) is 5.91 Å². The van der Waals surface area contributed by atoms with E-state index in [2.05, 4.69) is 9.88 Å². The lowest BCUT2D eigenvalue weighted by atomic mass is 10.1. The van der Waals surface area contributed by atoms with Gasteiger partial charge >= 0.3 is 0 Å². The first kappa shape index (κ1) is 17.2. The van der Waals surface area contributed by atoms with Gasteiger partial charge in [-0.05, 0) is 39.2 Å². The van der Waals surface area contributed by atoms with E-state index in [4.69, 9.17) is 4.74 Å². The Morgan fingerprint density at radius 1 is 1.21 bits per heavy atom. The highest BCUT2D eigenvalue weighted by atomic mass is 16.5. The number of amides is 1. The molecule has 1 unspecified atom stereocenters. The molecule has 2 aliphatic rings. The lowest BCUT2D eigenvalue weighted by Crippen LogP contribution is -2.50. The molecule has 2 aliphatic heterocycles. The van der Waals surface area contributed by atoms with Crippen LogP contribution >= 0.6 is 0 Å². The van der Waals surface area contributed by atoms with E-state index in [-0.39, 0.29) is 11.7 Å². The third-order valence-corrected chi connectivity index (χ3v) is 5.15. The van der Waals surface area contributed by atoms with Crippen molar-refractivity contribution in [3.63, 3.8) is 0 Å². The molecule has 0 saturated carbocycles. The van der Waals surface area contributed by atoms with E-state index in [9.17, 15) is 9.59 Å². The number of nitrogens with one attached hydrogen (secondary N) is 1. The molecule has 0 bridgehead atoms. The van der Waals surface area contributed by atoms with Crippen LogP contribution in [-0.2, 0) is 4.74 Å². The van der Waals surface area contributed by atoms with Gasteiger partial charge < -0.3 is 14.6 Å². The number of carbonyl (C=O) groups is 2. The van der Waals surface area contributed by atoms with E-state index in [1.165, 1.54) is 0 Å². The third kappa shape index (κ3) is 3.39. The van der Waals surface area contributed by atoms with Crippen LogP contribution in [-0.4, -0.2) is 71.9 Å². The van der Waals surface area contributed by atoms with Crippen LogP contribution in [0.5, 0.6) is 0 Å². The predicted octanol–water partition coefficient (Wildman–Crippen LogP) is 1.77. The topological polar surface area (TPSA) is 65.6 Å². The quantitative estimate of drug-likeness (QED) is 0.853. The molecule has 132 valence electrons. The Morgan fingerprint density at radius 2 is 1.92 bits per heavy atom. The summed E-state index contributed by atoms with van der Waals surface area (Å²) in [6.45, 7) is 10.3. The number of Topliss-reactive ketones (excluding diaryl/α,β-unsaturated/α-hetero) is 1. The zero-order chi connectivity index (χ0) is 17.3. The van der Waals surface area contributed by atoms with Crippen molar-refractivity contribution in [1.82, 2.24) is 14.8 Å². The first-order chi connectivity index (χ1) is 11.5. The van der Waals surface area contributed by atoms with E-state index < -0.39 is 0 Å². The molecule has 0 radical (unpaired) electrons. The van der Waals surface area contributed by atoms with Gasteiger partial charge in [-0.1, -0.05) is 0 Å². The van der Waals surface area contributed by atoms with Crippen molar-refractivity contribution in [3.05, 3.63) is 22.5 Å². The van der Waals surface area contributed by atoms with E-state index in [0.29, 0.717) is 17.4 Å². The molecular formula is C18H27N3O3. The van der Waals surface area contributed by atoms with Gasteiger partial charge in [0, 0.05) is 50.6 Å². The van der Waals surface area contributed by atoms with Crippen molar-refractivity contribution in [2.24, 2.45) is 0 Å². The van der Waals surface area contributed by atoms with Crippen molar-refractivity contribution in [2.75, 3.05) is 39.3 Å². The van der Waals surface area contributed by atoms with Gasteiger partial charge in [-0.3, -0.25) is 14.5 Å². The molecule has 0 spiro atoms. The largest absolute Gasteiger partial charge is 0.377 e. The number of nitrogens with zero attached hydrogens (tertiary/aromatic N) is 2. The van der Waals surface area contributed by atoms with Crippen LogP contribution in [0.3, 0.4) is 0 Å². The number of H-pyrrole nitrogens is 1. The van der Waals surface area contributed by atoms with Crippen LogP contribution in [0, 0.1) is 13.8 Å². The summed E-state index contributed by atoms with van der Waals surface area (Å²) in [5, 5.41) is 0. The zero-order valence-electron chi connectivity index (χ0n) is 14.9. The molecule has 24 heavy (non-hydrogen) atoms. The number of aromatic nitrogens is 1. The van der Waals surface area contributed by atoms with Crippen LogP contribution in [0.15, 0.2) is 0 Å². The number of hydrogen-bond acceptors (Lipinski definition) is 4. The lowest BCUT2D eigenvalue weighted by Gasteiger charge is -2.35. The fraction of sp³-hybridized carbons (Fsp3) is 0.667. The number of ether oxygens (including phenoxy) is 1. The summed E-state index contributed by atoms with van der Waals surface area (Å²) in [4.78, 5) is 31.9. The maximum atomic E-state index is 12.8. The van der Waals surface area contributed by atoms with Crippen molar-refractivity contribution in [1.29, 1.82) is 0 Å². The number of ketones is 1. The molecule has 1 aromatic heterocycles. The van der Waals surface area contributed by atoms with Gasteiger partial charge in [0.05, 0.1) is 6.10 Å². The smallest absolute Gasteiger partial charge is 0.270 e. The Bertz CT molecular complexity index is 624. The Morgan fingerprint density at radius 3 is 2.46 bits per heavy atom. The maximum absolute atomic E-state index is 12.8. The van der Waals surface area contributed by atoms with Crippen molar-refractivity contribution >= 4 is 11.7 Å². The molecule has 2 fully saturated rings. The monoisotopic (exact) mass is 333 g/mol. The molecule has 3 heterocycles. The number of aryl methyl sites for hydroxylation is 1. The summed E-state index contributed by atoms with van der Waals surface area (Å²) in [7, 11) is 0.